The minimum atomic E-state index is -0.663. The van der Waals surface area contributed by atoms with Crippen molar-refractivity contribution in [3.05, 3.63) is 24.3 Å². The number of aliphatic hydroxyl groups excluding tert-OH is 2. The Morgan fingerprint density at radius 3 is 1.09 bits per heavy atom. The number of allylic oxidation sites excluding steroid dienone is 4. The molecule has 1 amide bonds. The number of rotatable bonds is 59. The van der Waals surface area contributed by atoms with E-state index in [9.17, 15) is 19.8 Å². The van der Waals surface area contributed by atoms with Gasteiger partial charge in [-0.25, -0.2) is 0 Å². The first-order valence-electron chi connectivity index (χ1n) is 31.6. The number of hydrogen-bond acceptors (Lipinski definition) is 5. The van der Waals surface area contributed by atoms with Gasteiger partial charge in [0.25, 0.3) is 0 Å². The Kier molecular flexibility index (Phi) is 58.5. The molecule has 0 saturated heterocycles. The molecule has 0 spiro atoms. The molecule has 0 aromatic carbocycles. The molecule has 0 rings (SSSR count). The van der Waals surface area contributed by atoms with Crippen LogP contribution in [-0.2, 0) is 14.3 Å². The van der Waals surface area contributed by atoms with E-state index in [1.54, 1.807) is 0 Å². The molecule has 0 fully saturated rings. The first-order chi connectivity index (χ1) is 34.5. The summed E-state index contributed by atoms with van der Waals surface area (Å²) >= 11 is 0. The van der Waals surface area contributed by atoms with E-state index in [1.807, 2.05) is 0 Å². The molecule has 0 aliphatic rings. The third kappa shape index (κ3) is 55.7. The van der Waals surface area contributed by atoms with Gasteiger partial charge in [-0.1, -0.05) is 301 Å². The van der Waals surface area contributed by atoms with E-state index in [-0.39, 0.29) is 18.5 Å². The molecular formula is C64H123NO5. The van der Waals surface area contributed by atoms with Crippen molar-refractivity contribution >= 4 is 11.9 Å². The molecular weight excluding hydrogens is 863 g/mol. The average molecular weight is 987 g/mol. The quantitative estimate of drug-likeness (QED) is 0.0321. The molecule has 0 aliphatic heterocycles. The molecule has 70 heavy (non-hydrogen) atoms. The summed E-state index contributed by atoms with van der Waals surface area (Å²) in [5.74, 6) is -0.0223. The topological polar surface area (TPSA) is 95.9 Å². The van der Waals surface area contributed by atoms with Crippen LogP contribution in [0.1, 0.15) is 348 Å². The fraction of sp³-hybridized carbons (Fsp3) is 0.906. The van der Waals surface area contributed by atoms with Crippen LogP contribution in [0.5, 0.6) is 0 Å². The zero-order chi connectivity index (χ0) is 50.7. The van der Waals surface area contributed by atoms with E-state index >= 15 is 0 Å². The van der Waals surface area contributed by atoms with Crippen LogP contribution < -0.4 is 5.32 Å². The fourth-order valence-electron chi connectivity index (χ4n) is 9.91. The summed E-state index contributed by atoms with van der Waals surface area (Å²) in [5, 5.41) is 23.2. The van der Waals surface area contributed by atoms with E-state index in [2.05, 4.69) is 43.5 Å². The van der Waals surface area contributed by atoms with Crippen LogP contribution >= 0.6 is 0 Å². The molecule has 414 valence electrons. The van der Waals surface area contributed by atoms with Crippen molar-refractivity contribution in [3.63, 3.8) is 0 Å². The molecule has 3 N–H and O–H groups in total. The van der Waals surface area contributed by atoms with Gasteiger partial charge in [0.1, 0.15) is 0 Å². The van der Waals surface area contributed by atoms with E-state index in [1.165, 1.54) is 270 Å². The van der Waals surface area contributed by atoms with Gasteiger partial charge in [-0.15, -0.1) is 0 Å². The molecule has 0 bridgehead atoms. The number of carbonyl (C=O) groups is 2. The summed E-state index contributed by atoms with van der Waals surface area (Å²) in [4.78, 5) is 24.5. The predicted octanol–water partition coefficient (Wildman–Crippen LogP) is 19.8. The lowest BCUT2D eigenvalue weighted by Gasteiger charge is -2.22. The number of carbonyl (C=O) groups excluding carboxylic acids is 2. The Bertz CT molecular complexity index is 1090. The normalized spacial score (nSPS) is 12.7. The minimum Gasteiger partial charge on any atom is -0.466 e. The largest absolute Gasteiger partial charge is 0.466 e. The number of esters is 1. The Morgan fingerprint density at radius 2 is 0.714 bits per heavy atom. The van der Waals surface area contributed by atoms with Crippen LogP contribution in [0.15, 0.2) is 24.3 Å². The molecule has 2 atom stereocenters. The Labute approximate surface area is 437 Å². The van der Waals surface area contributed by atoms with Crippen molar-refractivity contribution in [3.8, 4) is 0 Å². The van der Waals surface area contributed by atoms with E-state index < -0.39 is 12.1 Å². The predicted molar refractivity (Wildman–Crippen MR) is 306 cm³/mol. The highest BCUT2D eigenvalue weighted by Crippen LogP contribution is 2.18. The number of ether oxygens (including phenoxy) is 1. The molecule has 0 aliphatic carbocycles. The number of amides is 1. The number of aliphatic hydroxyl groups is 2. The zero-order valence-corrected chi connectivity index (χ0v) is 47.3. The Hall–Kier alpha value is -1.66. The van der Waals surface area contributed by atoms with Crippen molar-refractivity contribution in [2.75, 3.05) is 13.2 Å². The van der Waals surface area contributed by atoms with Gasteiger partial charge in [-0.05, 0) is 57.8 Å². The zero-order valence-electron chi connectivity index (χ0n) is 47.3. The lowest BCUT2D eigenvalue weighted by molar-refractivity contribution is -0.143. The number of unbranched alkanes of at least 4 members (excludes halogenated alkanes) is 44. The second-order valence-corrected chi connectivity index (χ2v) is 21.7. The van der Waals surface area contributed by atoms with Crippen LogP contribution in [-0.4, -0.2) is 47.4 Å². The summed E-state index contributed by atoms with van der Waals surface area (Å²) in [6, 6.07) is -0.541. The lowest BCUT2D eigenvalue weighted by atomic mass is 10.0. The Balaban J connectivity index is 3.39. The van der Waals surface area contributed by atoms with Gasteiger partial charge in [0.2, 0.25) is 5.91 Å². The van der Waals surface area contributed by atoms with Crippen molar-refractivity contribution < 1.29 is 24.5 Å². The third-order valence-electron chi connectivity index (χ3n) is 14.8. The maximum absolute atomic E-state index is 12.5. The Morgan fingerprint density at radius 1 is 0.400 bits per heavy atom. The third-order valence-corrected chi connectivity index (χ3v) is 14.8. The molecule has 2 unspecified atom stereocenters. The first kappa shape index (κ1) is 68.3. The molecule has 0 aromatic heterocycles. The van der Waals surface area contributed by atoms with E-state index in [0.29, 0.717) is 25.9 Å². The molecule has 0 aromatic rings. The van der Waals surface area contributed by atoms with Crippen molar-refractivity contribution in [2.45, 2.75) is 360 Å². The number of nitrogens with one attached hydrogen (secondary N) is 1. The van der Waals surface area contributed by atoms with Crippen molar-refractivity contribution in [1.29, 1.82) is 0 Å². The average Bonchev–Trinajstić information content (AvgIpc) is 3.36. The molecule has 0 saturated carbocycles. The van der Waals surface area contributed by atoms with Crippen LogP contribution in [0.3, 0.4) is 0 Å². The number of hydrogen-bond donors (Lipinski definition) is 3. The summed E-state index contributed by atoms with van der Waals surface area (Å²) in [6.07, 6.45) is 73.4. The molecule has 0 radical (unpaired) electrons. The smallest absolute Gasteiger partial charge is 0.305 e. The molecule has 6 heteroatoms. The molecule has 6 nitrogen and oxygen atoms in total. The standard InChI is InChI=1S/C64H123NO5/c1-3-5-7-9-11-13-15-36-40-44-48-52-56-62(67)61(60-66)65-63(68)57-53-49-45-41-37-34-32-30-28-26-24-22-20-18-17-19-21-23-25-27-29-31-33-35-39-43-47-51-55-59-70-64(69)58-54-50-46-42-38-16-14-12-10-8-6-4-2/h17,19,23,25,61-62,66-67H,3-16,18,20-22,24,26-60H2,1-2H3,(H,65,68)/b19-17-,25-23-. The van der Waals surface area contributed by atoms with Gasteiger partial charge >= 0.3 is 5.97 Å². The van der Waals surface area contributed by atoms with Gasteiger partial charge in [-0.3, -0.25) is 9.59 Å². The molecule has 0 heterocycles. The second-order valence-electron chi connectivity index (χ2n) is 21.7. The van der Waals surface area contributed by atoms with E-state index in [4.69, 9.17) is 4.74 Å². The SMILES string of the molecule is CCCCCCCCCCCCCCC(=O)OCCCCCCCCCCC/C=C\C/C=C\CCCCCCCCCCCCCCCC(=O)NC(CO)C(O)CCCCCCCCCCCCCC. The lowest BCUT2D eigenvalue weighted by Crippen LogP contribution is -2.45. The highest BCUT2D eigenvalue weighted by atomic mass is 16.5. The van der Waals surface area contributed by atoms with Crippen LogP contribution in [0.25, 0.3) is 0 Å². The highest BCUT2D eigenvalue weighted by Gasteiger charge is 2.20. The maximum Gasteiger partial charge on any atom is 0.305 e. The van der Waals surface area contributed by atoms with Crippen molar-refractivity contribution in [1.82, 2.24) is 5.32 Å². The summed E-state index contributed by atoms with van der Waals surface area (Å²) in [7, 11) is 0. The van der Waals surface area contributed by atoms with Gasteiger partial charge < -0.3 is 20.3 Å². The van der Waals surface area contributed by atoms with Gasteiger partial charge in [0.15, 0.2) is 0 Å². The van der Waals surface area contributed by atoms with E-state index in [0.717, 1.165) is 44.9 Å². The van der Waals surface area contributed by atoms with Crippen molar-refractivity contribution in [2.24, 2.45) is 0 Å². The first-order valence-corrected chi connectivity index (χ1v) is 31.6. The summed E-state index contributed by atoms with van der Waals surface area (Å²) in [6.45, 7) is 4.96. The maximum atomic E-state index is 12.5. The van der Waals surface area contributed by atoms with Gasteiger partial charge in [0.05, 0.1) is 25.4 Å². The van der Waals surface area contributed by atoms with Crippen LogP contribution in [0.4, 0.5) is 0 Å². The van der Waals surface area contributed by atoms with Crippen LogP contribution in [0.2, 0.25) is 0 Å². The van der Waals surface area contributed by atoms with Crippen LogP contribution in [0, 0.1) is 0 Å². The summed E-state index contributed by atoms with van der Waals surface area (Å²) in [5.41, 5.74) is 0. The highest BCUT2D eigenvalue weighted by molar-refractivity contribution is 5.76. The monoisotopic (exact) mass is 986 g/mol. The van der Waals surface area contributed by atoms with Gasteiger partial charge in [0, 0.05) is 12.8 Å². The summed E-state index contributed by atoms with van der Waals surface area (Å²) < 4.78 is 5.47. The fourth-order valence-corrected chi connectivity index (χ4v) is 9.91. The minimum absolute atomic E-state index is 0.0129. The van der Waals surface area contributed by atoms with Gasteiger partial charge in [-0.2, -0.15) is 0 Å². The second kappa shape index (κ2) is 59.9.